The molecule has 0 heterocycles. The minimum Gasteiger partial charge on any atom is -0.508 e. The summed E-state index contributed by atoms with van der Waals surface area (Å²) in [6.07, 6.45) is -4.40. The second-order valence-electron chi connectivity index (χ2n) is 4.62. The summed E-state index contributed by atoms with van der Waals surface area (Å²) in [5, 5.41) is 9.49. The van der Waals surface area contributed by atoms with E-state index in [-0.39, 0.29) is 12.3 Å². The van der Waals surface area contributed by atoms with E-state index in [0.717, 1.165) is 12.1 Å². The quantitative estimate of drug-likeness (QED) is 0.909. The smallest absolute Gasteiger partial charge is 0.416 e. The molecule has 0 spiro atoms. The molecule has 6 heteroatoms. The molecule has 2 aromatic carbocycles. The third-order valence-corrected chi connectivity index (χ3v) is 3.21. The molecule has 0 unspecified atom stereocenters. The Labute approximate surface area is 120 Å². The number of nitrogens with zero attached hydrogens (tertiary/aromatic N) is 1. The van der Waals surface area contributed by atoms with Gasteiger partial charge in [-0.05, 0) is 35.9 Å². The van der Waals surface area contributed by atoms with Crippen LogP contribution in [-0.2, 0) is 12.7 Å². The van der Waals surface area contributed by atoms with Gasteiger partial charge in [0.05, 0.1) is 5.56 Å². The molecule has 0 bridgehead atoms. The van der Waals surface area contributed by atoms with Gasteiger partial charge in [-0.15, -0.1) is 0 Å². The SMILES string of the molecule is CN(c1cccc(O)c1)c1ccc(C(F)(F)F)cc1CN. The minimum atomic E-state index is -4.40. The lowest BCUT2D eigenvalue weighted by Crippen LogP contribution is -2.15. The van der Waals surface area contributed by atoms with Crippen molar-refractivity contribution < 1.29 is 18.3 Å². The number of halogens is 3. The number of hydrogen-bond acceptors (Lipinski definition) is 3. The molecule has 0 saturated heterocycles. The van der Waals surface area contributed by atoms with E-state index in [1.165, 1.54) is 18.2 Å². The molecule has 0 fully saturated rings. The molecule has 3 N–H and O–H groups in total. The van der Waals surface area contributed by atoms with Gasteiger partial charge in [0.1, 0.15) is 5.75 Å². The second kappa shape index (κ2) is 5.65. The number of aromatic hydroxyl groups is 1. The largest absolute Gasteiger partial charge is 0.508 e. The Hall–Kier alpha value is -2.21. The van der Waals surface area contributed by atoms with Crippen molar-refractivity contribution in [2.75, 3.05) is 11.9 Å². The molecule has 3 nitrogen and oxygen atoms in total. The van der Waals surface area contributed by atoms with E-state index in [1.54, 1.807) is 24.1 Å². The average molecular weight is 296 g/mol. The van der Waals surface area contributed by atoms with Crippen molar-refractivity contribution in [3.05, 3.63) is 53.6 Å². The van der Waals surface area contributed by atoms with Crippen molar-refractivity contribution in [2.24, 2.45) is 5.73 Å². The second-order valence-corrected chi connectivity index (χ2v) is 4.62. The van der Waals surface area contributed by atoms with Crippen molar-refractivity contribution in [3.63, 3.8) is 0 Å². The fourth-order valence-corrected chi connectivity index (χ4v) is 2.09. The van der Waals surface area contributed by atoms with E-state index in [1.807, 2.05) is 0 Å². The Morgan fingerprint density at radius 2 is 1.86 bits per heavy atom. The molecular formula is C15H15F3N2O. The summed E-state index contributed by atoms with van der Waals surface area (Å²) in [5.41, 5.74) is 6.45. The van der Waals surface area contributed by atoms with Crippen LogP contribution in [0.5, 0.6) is 5.75 Å². The highest BCUT2D eigenvalue weighted by molar-refractivity contribution is 5.67. The summed E-state index contributed by atoms with van der Waals surface area (Å²) in [7, 11) is 1.70. The van der Waals surface area contributed by atoms with Crippen molar-refractivity contribution in [1.29, 1.82) is 0 Å². The van der Waals surface area contributed by atoms with Crippen LogP contribution in [0, 0.1) is 0 Å². The van der Waals surface area contributed by atoms with E-state index in [4.69, 9.17) is 5.73 Å². The van der Waals surface area contributed by atoms with Crippen molar-refractivity contribution in [2.45, 2.75) is 12.7 Å². The lowest BCUT2D eigenvalue weighted by Gasteiger charge is -2.23. The zero-order valence-corrected chi connectivity index (χ0v) is 11.4. The van der Waals surface area contributed by atoms with Crippen molar-refractivity contribution in [3.8, 4) is 5.75 Å². The molecule has 0 atom stereocenters. The number of alkyl halides is 3. The van der Waals surface area contributed by atoms with E-state index < -0.39 is 11.7 Å². The van der Waals surface area contributed by atoms with E-state index in [2.05, 4.69) is 0 Å². The summed E-state index contributed by atoms with van der Waals surface area (Å²) in [5.74, 6) is 0.0839. The van der Waals surface area contributed by atoms with Crippen LogP contribution in [0.25, 0.3) is 0 Å². The number of nitrogens with two attached hydrogens (primary N) is 1. The molecule has 0 aromatic heterocycles. The number of anilines is 2. The molecule has 0 aliphatic heterocycles. The Morgan fingerprint density at radius 1 is 1.14 bits per heavy atom. The number of phenolic OH excluding ortho intramolecular Hbond substituents is 1. The monoisotopic (exact) mass is 296 g/mol. The molecule has 21 heavy (non-hydrogen) atoms. The summed E-state index contributed by atoms with van der Waals surface area (Å²) in [4.78, 5) is 1.68. The first kappa shape index (κ1) is 15.2. The Kier molecular flexibility index (Phi) is 4.09. The van der Waals surface area contributed by atoms with E-state index in [9.17, 15) is 18.3 Å². The molecule has 0 radical (unpaired) electrons. The zero-order chi connectivity index (χ0) is 15.6. The first-order valence-corrected chi connectivity index (χ1v) is 6.26. The molecule has 0 saturated carbocycles. The van der Waals surface area contributed by atoms with Gasteiger partial charge in [0.15, 0.2) is 0 Å². The van der Waals surface area contributed by atoms with Gasteiger partial charge in [0.25, 0.3) is 0 Å². The number of benzene rings is 2. The normalized spacial score (nSPS) is 11.5. The van der Waals surface area contributed by atoms with Gasteiger partial charge < -0.3 is 15.7 Å². The zero-order valence-electron chi connectivity index (χ0n) is 11.4. The highest BCUT2D eigenvalue weighted by atomic mass is 19.4. The topological polar surface area (TPSA) is 49.5 Å². The standard InChI is InChI=1S/C15H15F3N2O/c1-20(12-3-2-4-13(21)8-12)14-6-5-11(15(16,17)18)7-10(14)9-19/h2-8,21H,9,19H2,1H3. The summed E-state index contributed by atoms with van der Waals surface area (Å²) in [6, 6.07) is 9.91. The van der Waals surface area contributed by atoms with Crippen LogP contribution in [0.2, 0.25) is 0 Å². The minimum absolute atomic E-state index is 0.0115. The van der Waals surface area contributed by atoms with E-state index >= 15 is 0 Å². The third kappa shape index (κ3) is 3.28. The Morgan fingerprint density at radius 3 is 2.43 bits per heavy atom. The molecule has 112 valence electrons. The van der Waals surface area contributed by atoms with E-state index in [0.29, 0.717) is 16.9 Å². The number of rotatable bonds is 3. The Bertz CT molecular complexity index is 641. The fraction of sp³-hybridized carbons (Fsp3) is 0.200. The van der Waals surface area contributed by atoms with Crippen LogP contribution in [-0.4, -0.2) is 12.2 Å². The van der Waals surface area contributed by atoms with Crippen LogP contribution in [0.4, 0.5) is 24.5 Å². The van der Waals surface area contributed by atoms with Gasteiger partial charge in [0, 0.05) is 31.0 Å². The highest BCUT2D eigenvalue weighted by Crippen LogP contribution is 2.34. The Balaban J connectivity index is 2.44. The van der Waals surface area contributed by atoms with Crippen LogP contribution >= 0.6 is 0 Å². The van der Waals surface area contributed by atoms with Gasteiger partial charge in [-0.3, -0.25) is 0 Å². The molecule has 0 aliphatic rings. The highest BCUT2D eigenvalue weighted by Gasteiger charge is 2.31. The van der Waals surface area contributed by atoms with Crippen molar-refractivity contribution >= 4 is 11.4 Å². The molecule has 0 amide bonds. The maximum absolute atomic E-state index is 12.7. The summed E-state index contributed by atoms with van der Waals surface area (Å²) in [6.45, 7) is -0.0115. The lowest BCUT2D eigenvalue weighted by atomic mass is 10.1. The maximum Gasteiger partial charge on any atom is 0.416 e. The summed E-state index contributed by atoms with van der Waals surface area (Å²) < 4.78 is 38.2. The molecular weight excluding hydrogens is 281 g/mol. The first-order valence-electron chi connectivity index (χ1n) is 6.26. The number of hydrogen-bond donors (Lipinski definition) is 2. The molecule has 2 aromatic rings. The van der Waals surface area contributed by atoms with Crippen LogP contribution in [0.1, 0.15) is 11.1 Å². The van der Waals surface area contributed by atoms with Crippen molar-refractivity contribution in [1.82, 2.24) is 0 Å². The van der Waals surface area contributed by atoms with Gasteiger partial charge in [-0.25, -0.2) is 0 Å². The predicted octanol–water partition coefficient (Wildman–Crippen LogP) is 3.64. The van der Waals surface area contributed by atoms with Crippen LogP contribution < -0.4 is 10.6 Å². The lowest BCUT2D eigenvalue weighted by molar-refractivity contribution is -0.137. The summed E-state index contributed by atoms with van der Waals surface area (Å²) >= 11 is 0. The third-order valence-electron chi connectivity index (χ3n) is 3.21. The first-order chi connectivity index (χ1) is 9.82. The molecule has 0 aliphatic carbocycles. The van der Waals surface area contributed by atoms with Gasteiger partial charge in [-0.2, -0.15) is 13.2 Å². The average Bonchev–Trinajstić information content (AvgIpc) is 2.45. The maximum atomic E-state index is 12.7. The van der Waals surface area contributed by atoms with Gasteiger partial charge >= 0.3 is 6.18 Å². The predicted molar refractivity (Wildman–Crippen MR) is 75.5 cm³/mol. The van der Waals surface area contributed by atoms with Crippen LogP contribution in [0.15, 0.2) is 42.5 Å². The number of phenols is 1. The van der Waals surface area contributed by atoms with Gasteiger partial charge in [0.2, 0.25) is 0 Å². The van der Waals surface area contributed by atoms with Crippen LogP contribution in [0.3, 0.4) is 0 Å². The van der Waals surface area contributed by atoms with Gasteiger partial charge in [-0.1, -0.05) is 6.07 Å². The fourth-order valence-electron chi connectivity index (χ4n) is 2.09. The molecule has 2 rings (SSSR count).